The van der Waals surface area contributed by atoms with Crippen molar-refractivity contribution in [3.63, 3.8) is 0 Å². The number of amides is 1. The average molecular weight is 481 g/mol. The molecule has 0 saturated heterocycles. The number of carbonyl (C=O) groups excluding carboxylic acids is 1. The highest BCUT2D eigenvalue weighted by Gasteiger charge is 2.15. The molecule has 0 aliphatic heterocycles. The Balaban J connectivity index is 1.39. The number of hydrogen-bond donors (Lipinski definition) is 1. The van der Waals surface area contributed by atoms with E-state index in [0.29, 0.717) is 29.3 Å². The highest BCUT2D eigenvalue weighted by molar-refractivity contribution is 7.16. The zero-order valence-electron chi connectivity index (χ0n) is 19.8. The van der Waals surface area contributed by atoms with Crippen LogP contribution in [0, 0.1) is 6.92 Å². The molecular weight excluding hydrogens is 452 g/mol. The molecule has 178 valence electrons. The molecule has 34 heavy (non-hydrogen) atoms. The summed E-state index contributed by atoms with van der Waals surface area (Å²) < 4.78 is 4.10. The summed E-state index contributed by atoms with van der Waals surface area (Å²) >= 11 is 1.46. The van der Waals surface area contributed by atoms with Crippen LogP contribution in [0.25, 0.3) is 22.4 Å². The Kier molecular flexibility index (Phi) is 6.78. The molecular formula is C24H28N6O3S. The largest absolute Gasteiger partial charge is 0.332 e. The van der Waals surface area contributed by atoms with Gasteiger partial charge in [0.25, 0.3) is 5.56 Å². The lowest BCUT2D eigenvalue weighted by Gasteiger charge is -2.06. The summed E-state index contributed by atoms with van der Waals surface area (Å²) in [6.45, 7) is 4.60. The molecule has 0 atom stereocenters. The van der Waals surface area contributed by atoms with Gasteiger partial charge in [-0.05, 0) is 25.3 Å². The van der Waals surface area contributed by atoms with E-state index in [0.717, 1.165) is 33.5 Å². The van der Waals surface area contributed by atoms with Crippen molar-refractivity contribution in [2.75, 3.05) is 5.32 Å². The smallest absolute Gasteiger partial charge is 0.325 e. The fourth-order valence-corrected chi connectivity index (χ4v) is 4.85. The second-order valence-electron chi connectivity index (χ2n) is 8.34. The van der Waals surface area contributed by atoms with Crippen molar-refractivity contribution in [3.05, 3.63) is 61.9 Å². The Bertz CT molecular complexity index is 1460. The molecule has 1 N–H and O–H groups in total. The van der Waals surface area contributed by atoms with Crippen LogP contribution in [0.5, 0.6) is 0 Å². The van der Waals surface area contributed by atoms with Crippen molar-refractivity contribution in [1.29, 1.82) is 0 Å². The van der Waals surface area contributed by atoms with Crippen molar-refractivity contribution in [1.82, 2.24) is 23.7 Å². The van der Waals surface area contributed by atoms with Gasteiger partial charge in [-0.1, -0.05) is 37.6 Å². The Hall–Kier alpha value is -3.53. The maximum atomic E-state index is 12.5. The van der Waals surface area contributed by atoms with Crippen molar-refractivity contribution in [2.45, 2.75) is 46.1 Å². The van der Waals surface area contributed by atoms with Gasteiger partial charge in [0.05, 0.1) is 12.0 Å². The average Bonchev–Trinajstić information content (AvgIpc) is 3.40. The standard InChI is InChI=1S/C24H28N6O3S/c1-5-7-16-9-11-17(12-10-16)19-15(2)34-23(27-19)26-18(31)8-6-13-30-14-25-21-20(30)22(32)29(4)24(33)28(21)3/h9-12,14H,5-8,13H2,1-4H3,(H,26,27,31). The molecule has 3 heterocycles. The van der Waals surface area contributed by atoms with E-state index in [1.54, 1.807) is 11.6 Å². The summed E-state index contributed by atoms with van der Waals surface area (Å²) in [6.07, 6.45) is 4.48. The number of anilines is 1. The summed E-state index contributed by atoms with van der Waals surface area (Å²) in [5.41, 5.74) is 3.11. The second kappa shape index (κ2) is 9.76. The van der Waals surface area contributed by atoms with E-state index in [1.807, 2.05) is 6.92 Å². The zero-order valence-corrected chi connectivity index (χ0v) is 20.6. The van der Waals surface area contributed by atoms with Gasteiger partial charge >= 0.3 is 5.69 Å². The minimum absolute atomic E-state index is 0.136. The Labute approximate surface area is 200 Å². The predicted molar refractivity (Wildman–Crippen MR) is 134 cm³/mol. The minimum atomic E-state index is -0.419. The third-order valence-corrected chi connectivity index (χ3v) is 6.72. The molecule has 3 aromatic heterocycles. The van der Waals surface area contributed by atoms with Gasteiger partial charge < -0.3 is 9.88 Å². The summed E-state index contributed by atoms with van der Waals surface area (Å²) in [5, 5.41) is 3.47. The van der Waals surface area contributed by atoms with Crippen LogP contribution in [0.2, 0.25) is 0 Å². The van der Waals surface area contributed by atoms with Gasteiger partial charge in [-0.2, -0.15) is 0 Å². The van der Waals surface area contributed by atoms with Gasteiger partial charge in [-0.25, -0.2) is 14.8 Å². The topological polar surface area (TPSA) is 104 Å². The van der Waals surface area contributed by atoms with Crippen LogP contribution >= 0.6 is 11.3 Å². The molecule has 0 radical (unpaired) electrons. The van der Waals surface area contributed by atoms with Gasteiger partial charge in [0.2, 0.25) is 5.91 Å². The van der Waals surface area contributed by atoms with E-state index in [9.17, 15) is 14.4 Å². The first kappa shape index (κ1) is 23.6. The number of hydrogen-bond acceptors (Lipinski definition) is 6. The van der Waals surface area contributed by atoms with Gasteiger partial charge in [-0.3, -0.25) is 18.7 Å². The lowest BCUT2D eigenvalue weighted by Crippen LogP contribution is -2.37. The molecule has 1 aromatic carbocycles. The van der Waals surface area contributed by atoms with Crippen LogP contribution in [-0.4, -0.2) is 29.6 Å². The predicted octanol–water partition coefficient (Wildman–Crippen LogP) is 3.24. The zero-order chi connectivity index (χ0) is 24.4. The minimum Gasteiger partial charge on any atom is -0.325 e. The molecule has 0 fully saturated rings. The molecule has 10 heteroatoms. The first-order valence-corrected chi connectivity index (χ1v) is 12.1. The molecule has 0 bridgehead atoms. The number of imidazole rings is 1. The van der Waals surface area contributed by atoms with E-state index in [2.05, 4.69) is 46.5 Å². The Morgan fingerprint density at radius 2 is 1.85 bits per heavy atom. The highest BCUT2D eigenvalue weighted by atomic mass is 32.1. The van der Waals surface area contributed by atoms with Gasteiger partial charge in [0.15, 0.2) is 16.3 Å². The number of nitrogens with zero attached hydrogens (tertiary/aromatic N) is 5. The van der Waals surface area contributed by atoms with Crippen molar-refractivity contribution < 1.29 is 4.79 Å². The summed E-state index contributed by atoms with van der Waals surface area (Å²) in [5.74, 6) is -0.136. The first-order chi connectivity index (χ1) is 16.3. The fourth-order valence-electron chi connectivity index (χ4n) is 3.99. The number of benzene rings is 1. The first-order valence-electron chi connectivity index (χ1n) is 11.3. The maximum absolute atomic E-state index is 12.5. The maximum Gasteiger partial charge on any atom is 0.332 e. The summed E-state index contributed by atoms with van der Waals surface area (Å²) in [6, 6.07) is 8.41. The molecule has 0 aliphatic carbocycles. The number of rotatable bonds is 8. The number of thiazole rings is 1. The molecule has 0 unspecified atom stereocenters. The normalized spacial score (nSPS) is 11.3. The van der Waals surface area contributed by atoms with E-state index in [4.69, 9.17) is 0 Å². The molecule has 0 aliphatic rings. The van der Waals surface area contributed by atoms with E-state index >= 15 is 0 Å². The van der Waals surface area contributed by atoms with Crippen LogP contribution in [0.1, 0.15) is 36.6 Å². The van der Waals surface area contributed by atoms with Crippen LogP contribution < -0.4 is 16.6 Å². The molecule has 0 saturated carbocycles. The molecule has 1 amide bonds. The van der Waals surface area contributed by atoms with E-state index < -0.39 is 11.2 Å². The lowest BCUT2D eigenvalue weighted by atomic mass is 10.1. The van der Waals surface area contributed by atoms with Crippen molar-refractivity contribution in [3.8, 4) is 11.3 Å². The number of carbonyl (C=O) groups is 1. The van der Waals surface area contributed by atoms with Crippen LogP contribution in [0.3, 0.4) is 0 Å². The third kappa shape index (κ3) is 4.58. The van der Waals surface area contributed by atoms with Crippen molar-refractivity contribution >= 4 is 33.5 Å². The van der Waals surface area contributed by atoms with Gasteiger partial charge in [0.1, 0.15) is 0 Å². The van der Waals surface area contributed by atoms with Crippen LogP contribution in [0.15, 0.2) is 40.2 Å². The number of nitrogens with one attached hydrogen (secondary N) is 1. The van der Waals surface area contributed by atoms with Crippen LogP contribution in [-0.2, 0) is 31.9 Å². The van der Waals surface area contributed by atoms with Gasteiger partial charge in [-0.15, -0.1) is 11.3 Å². The lowest BCUT2D eigenvalue weighted by molar-refractivity contribution is -0.116. The van der Waals surface area contributed by atoms with Crippen LogP contribution in [0.4, 0.5) is 5.13 Å². The van der Waals surface area contributed by atoms with E-state index in [1.165, 1.54) is 34.8 Å². The Morgan fingerprint density at radius 3 is 2.56 bits per heavy atom. The Morgan fingerprint density at radius 1 is 1.12 bits per heavy atom. The molecule has 0 spiro atoms. The summed E-state index contributed by atoms with van der Waals surface area (Å²) in [7, 11) is 3.03. The number of fused-ring (bicyclic) bond motifs is 1. The SMILES string of the molecule is CCCc1ccc(-c2nc(NC(=O)CCCn3cnc4c3c(=O)n(C)c(=O)n4C)sc2C)cc1. The monoisotopic (exact) mass is 480 g/mol. The van der Waals surface area contributed by atoms with Gasteiger partial charge in [0, 0.05) is 37.5 Å². The molecule has 4 aromatic rings. The molecule has 9 nitrogen and oxygen atoms in total. The summed E-state index contributed by atoms with van der Waals surface area (Å²) in [4.78, 5) is 47.0. The number of aromatic nitrogens is 5. The number of aryl methyl sites for hydroxylation is 4. The third-order valence-electron chi connectivity index (χ3n) is 5.83. The molecule has 4 rings (SSSR count). The second-order valence-corrected chi connectivity index (χ2v) is 9.54. The van der Waals surface area contributed by atoms with E-state index in [-0.39, 0.29) is 12.3 Å². The van der Waals surface area contributed by atoms with Crippen molar-refractivity contribution in [2.24, 2.45) is 14.1 Å². The highest BCUT2D eigenvalue weighted by Crippen LogP contribution is 2.30. The fraction of sp³-hybridized carbons (Fsp3) is 0.375. The quantitative estimate of drug-likeness (QED) is 0.417.